The molecule has 1 saturated carbocycles. The summed E-state index contributed by atoms with van der Waals surface area (Å²) in [6.07, 6.45) is 1.97. The number of halogens is 1. The van der Waals surface area contributed by atoms with Gasteiger partial charge in [0.2, 0.25) is 11.8 Å². The first-order valence-electron chi connectivity index (χ1n) is 8.06. The molecule has 7 heteroatoms. The topological polar surface area (TPSA) is 86.7 Å². The molecule has 1 aromatic carbocycles. The lowest BCUT2D eigenvalue weighted by Crippen LogP contribution is -2.43. The van der Waals surface area contributed by atoms with Crippen LogP contribution in [-0.2, 0) is 14.4 Å². The molecule has 0 spiro atoms. The summed E-state index contributed by atoms with van der Waals surface area (Å²) < 4.78 is 0. The Hall–Kier alpha value is -2.08. The molecule has 6 nitrogen and oxygen atoms in total. The molecule has 3 rings (SSSR count). The number of carboxylic acids is 1. The maximum atomic E-state index is 12.5. The second-order valence-electron chi connectivity index (χ2n) is 6.36. The van der Waals surface area contributed by atoms with Gasteiger partial charge in [-0.25, -0.2) is 0 Å². The SMILES string of the molecule is O=C(O)[C@@H]1CC[C@H](C(=O)NC2CCN(c3ccc(Cl)cc3)C2=O)C1. The third-order valence-electron chi connectivity index (χ3n) is 4.81. The maximum absolute atomic E-state index is 12.5. The molecule has 1 aliphatic carbocycles. The minimum Gasteiger partial charge on any atom is -0.481 e. The average Bonchev–Trinajstić information content (AvgIpc) is 3.17. The molecule has 0 bridgehead atoms. The van der Waals surface area contributed by atoms with Crippen LogP contribution in [-0.4, -0.2) is 35.5 Å². The van der Waals surface area contributed by atoms with Crippen molar-refractivity contribution in [3.05, 3.63) is 29.3 Å². The predicted octanol–water partition coefficient (Wildman–Crippen LogP) is 2.06. The van der Waals surface area contributed by atoms with Crippen LogP contribution in [0.15, 0.2) is 24.3 Å². The highest BCUT2D eigenvalue weighted by molar-refractivity contribution is 6.30. The van der Waals surface area contributed by atoms with Gasteiger partial charge in [-0.1, -0.05) is 11.6 Å². The van der Waals surface area contributed by atoms with Gasteiger partial charge >= 0.3 is 5.97 Å². The number of aliphatic carboxylic acids is 1. The van der Waals surface area contributed by atoms with Gasteiger partial charge in [-0.05, 0) is 49.9 Å². The lowest BCUT2D eigenvalue weighted by molar-refractivity contribution is -0.141. The third-order valence-corrected chi connectivity index (χ3v) is 5.06. The molecule has 2 N–H and O–H groups in total. The number of carbonyl (C=O) groups excluding carboxylic acids is 2. The van der Waals surface area contributed by atoms with E-state index in [2.05, 4.69) is 5.32 Å². The second kappa shape index (κ2) is 6.81. The van der Waals surface area contributed by atoms with Gasteiger partial charge < -0.3 is 15.3 Å². The number of amides is 2. The Balaban J connectivity index is 1.59. The molecule has 0 aromatic heterocycles. The zero-order chi connectivity index (χ0) is 17.3. The van der Waals surface area contributed by atoms with E-state index in [1.807, 2.05) is 0 Å². The van der Waals surface area contributed by atoms with E-state index in [1.54, 1.807) is 29.2 Å². The van der Waals surface area contributed by atoms with E-state index in [-0.39, 0.29) is 17.7 Å². The molecule has 1 saturated heterocycles. The largest absolute Gasteiger partial charge is 0.481 e. The van der Waals surface area contributed by atoms with Crippen molar-refractivity contribution in [2.24, 2.45) is 11.8 Å². The van der Waals surface area contributed by atoms with Crippen molar-refractivity contribution in [3.63, 3.8) is 0 Å². The number of rotatable bonds is 4. The smallest absolute Gasteiger partial charge is 0.306 e. The van der Waals surface area contributed by atoms with Crippen LogP contribution < -0.4 is 10.2 Å². The molecule has 2 amide bonds. The Morgan fingerprint density at radius 1 is 1.12 bits per heavy atom. The number of hydrogen-bond donors (Lipinski definition) is 2. The predicted molar refractivity (Wildman–Crippen MR) is 88.8 cm³/mol. The summed E-state index contributed by atoms with van der Waals surface area (Å²) in [4.78, 5) is 37.4. The Bertz CT molecular complexity index is 661. The van der Waals surface area contributed by atoms with Crippen LogP contribution >= 0.6 is 11.6 Å². The van der Waals surface area contributed by atoms with Crippen molar-refractivity contribution < 1.29 is 19.5 Å². The van der Waals surface area contributed by atoms with Crippen molar-refractivity contribution in [3.8, 4) is 0 Å². The first-order valence-corrected chi connectivity index (χ1v) is 8.43. The van der Waals surface area contributed by atoms with E-state index in [0.717, 1.165) is 5.69 Å². The first-order chi connectivity index (χ1) is 11.5. The number of anilines is 1. The van der Waals surface area contributed by atoms with Crippen LogP contribution in [0.4, 0.5) is 5.69 Å². The van der Waals surface area contributed by atoms with Gasteiger partial charge in [0.1, 0.15) is 6.04 Å². The lowest BCUT2D eigenvalue weighted by Gasteiger charge is -2.18. The average molecular weight is 351 g/mol. The molecule has 3 atom stereocenters. The van der Waals surface area contributed by atoms with E-state index >= 15 is 0 Å². The van der Waals surface area contributed by atoms with Gasteiger partial charge in [0.05, 0.1) is 5.92 Å². The molecule has 1 heterocycles. The summed E-state index contributed by atoms with van der Waals surface area (Å²) in [5.74, 6) is -1.97. The quantitative estimate of drug-likeness (QED) is 0.870. The summed E-state index contributed by atoms with van der Waals surface area (Å²) in [5, 5.41) is 12.4. The highest BCUT2D eigenvalue weighted by Crippen LogP contribution is 2.31. The van der Waals surface area contributed by atoms with Gasteiger partial charge in [-0.3, -0.25) is 14.4 Å². The number of nitrogens with one attached hydrogen (secondary N) is 1. The molecule has 0 radical (unpaired) electrons. The van der Waals surface area contributed by atoms with Crippen molar-refractivity contribution in [1.82, 2.24) is 5.32 Å². The minimum absolute atomic E-state index is 0.140. The molecular weight excluding hydrogens is 332 g/mol. The van der Waals surface area contributed by atoms with E-state index in [0.29, 0.717) is 37.3 Å². The zero-order valence-electron chi connectivity index (χ0n) is 13.1. The summed E-state index contributed by atoms with van der Waals surface area (Å²) >= 11 is 5.86. The number of nitrogens with zero attached hydrogens (tertiary/aromatic N) is 1. The van der Waals surface area contributed by atoms with E-state index < -0.39 is 17.9 Å². The summed E-state index contributed by atoms with van der Waals surface area (Å²) in [7, 11) is 0. The highest BCUT2D eigenvalue weighted by atomic mass is 35.5. The monoisotopic (exact) mass is 350 g/mol. The Morgan fingerprint density at radius 3 is 2.42 bits per heavy atom. The molecule has 2 fully saturated rings. The number of carbonyl (C=O) groups is 3. The van der Waals surface area contributed by atoms with Gasteiger partial charge in [-0.15, -0.1) is 0 Å². The van der Waals surface area contributed by atoms with Gasteiger partial charge in [0.15, 0.2) is 0 Å². The van der Waals surface area contributed by atoms with E-state index in [9.17, 15) is 14.4 Å². The van der Waals surface area contributed by atoms with Crippen molar-refractivity contribution in [2.45, 2.75) is 31.7 Å². The van der Waals surface area contributed by atoms with Gasteiger partial charge in [-0.2, -0.15) is 0 Å². The highest BCUT2D eigenvalue weighted by Gasteiger charge is 2.38. The molecule has 1 unspecified atom stereocenters. The van der Waals surface area contributed by atoms with Crippen molar-refractivity contribution >= 4 is 35.1 Å². The van der Waals surface area contributed by atoms with Gasteiger partial charge in [0.25, 0.3) is 0 Å². The minimum atomic E-state index is -0.851. The molecule has 2 aliphatic rings. The number of carboxylic acid groups (broad SMARTS) is 1. The Morgan fingerprint density at radius 2 is 1.79 bits per heavy atom. The lowest BCUT2D eigenvalue weighted by atomic mass is 10.0. The molecule has 1 aromatic rings. The number of hydrogen-bond acceptors (Lipinski definition) is 3. The van der Waals surface area contributed by atoms with E-state index in [4.69, 9.17) is 16.7 Å². The summed E-state index contributed by atoms with van der Waals surface area (Å²) in [6, 6.07) is 6.45. The Kier molecular flexibility index (Phi) is 4.76. The van der Waals surface area contributed by atoms with E-state index in [1.165, 1.54) is 0 Å². The van der Waals surface area contributed by atoms with Crippen LogP contribution in [0.1, 0.15) is 25.7 Å². The normalized spacial score (nSPS) is 26.6. The van der Waals surface area contributed by atoms with Crippen LogP contribution in [0.25, 0.3) is 0 Å². The summed E-state index contributed by atoms with van der Waals surface area (Å²) in [6.45, 7) is 0.536. The maximum Gasteiger partial charge on any atom is 0.306 e. The second-order valence-corrected chi connectivity index (χ2v) is 6.80. The third kappa shape index (κ3) is 3.38. The molecule has 24 heavy (non-hydrogen) atoms. The van der Waals surface area contributed by atoms with Crippen LogP contribution in [0.5, 0.6) is 0 Å². The molecule has 1 aliphatic heterocycles. The summed E-state index contributed by atoms with van der Waals surface area (Å²) in [5.41, 5.74) is 0.757. The fourth-order valence-electron chi connectivity index (χ4n) is 3.42. The number of benzene rings is 1. The van der Waals surface area contributed by atoms with Gasteiger partial charge in [0, 0.05) is 23.2 Å². The van der Waals surface area contributed by atoms with Crippen LogP contribution in [0.2, 0.25) is 5.02 Å². The van der Waals surface area contributed by atoms with Crippen molar-refractivity contribution in [2.75, 3.05) is 11.4 Å². The zero-order valence-corrected chi connectivity index (χ0v) is 13.8. The van der Waals surface area contributed by atoms with Crippen molar-refractivity contribution in [1.29, 1.82) is 0 Å². The first kappa shape index (κ1) is 16.8. The van der Waals surface area contributed by atoms with Crippen LogP contribution in [0.3, 0.4) is 0 Å². The molecular formula is C17H19ClN2O4. The standard InChI is InChI=1S/C17H19ClN2O4/c18-12-3-5-13(6-4-12)20-8-7-14(16(20)22)19-15(21)10-1-2-11(9-10)17(23)24/h3-6,10-11,14H,1-2,7-9H2,(H,19,21)(H,23,24)/t10-,11+,14?/m0/s1. The Labute approximate surface area is 144 Å². The molecule has 128 valence electrons. The van der Waals surface area contributed by atoms with Crippen LogP contribution in [0, 0.1) is 11.8 Å². The fourth-order valence-corrected chi connectivity index (χ4v) is 3.55. The fraction of sp³-hybridized carbons (Fsp3) is 0.471.